The van der Waals surface area contributed by atoms with Gasteiger partial charge in [-0.25, -0.2) is 0 Å². The first-order valence-corrected chi connectivity index (χ1v) is 8.53. The molecule has 0 atom stereocenters. The number of hydrogen-bond donors (Lipinski definition) is 1. The smallest absolute Gasteiger partial charge is 0.251 e. The second-order valence-corrected chi connectivity index (χ2v) is 6.36. The molecule has 1 heterocycles. The molecule has 1 amide bonds. The van der Waals surface area contributed by atoms with E-state index in [0.717, 1.165) is 39.1 Å². The molecule has 0 saturated carbocycles. The fourth-order valence-electron chi connectivity index (χ4n) is 2.73. The molecule has 0 bridgehead atoms. The zero-order chi connectivity index (χ0) is 17.5. The van der Waals surface area contributed by atoms with Crippen LogP contribution in [0.3, 0.4) is 0 Å². The van der Waals surface area contributed by atoms with Crippen LogP contribution in [-0.4, -0.2) is 76.2 Å². The van der Waals surface area contributed by atoms with E-state index < -0.39 is 0 Å². The van der Waals surface area contributed by atoms with Crippen molar-refractivity contribution in [2.45, 2.75) is 6.42 Å². The highest BCUT2D eigenvalue weighted by Gasteiger charge is 2.16. The molecule has 6 nitrogen and oxygen atoms in total. The quantitative estimate of drug-likeness (QED) is 0.755. The largest absolute Gasteiger partial charge is 0.493 e. The summed E-state index contributed by atoms with van der Waals surface area (Å²) in [6.07, 6.45) is 0.927. The van der Waals surface area contributed by atoms with E-state index in [1.807, 2.05) is 0 Å². The minimum atomic E-state index is -0.156. The maximum atomic E-state index is 12.3. The molecule has 0 unspecified atom stereocenters. The summed E-state index contributed by atoms with van der Waals surface area (Å²) < 4.78 is 10.4. The molecule has 0 aliphatic carbocycles. The summed E-state index contributed by atoms with van der Waals surface area (Å²) in [6, 6.07) is 3.24. The average molecular weight is 356 g/mol. The van der Waals surface area contributed by atoms with Crippen LogP contribution in [0.1, 0.15) is 16.8 Å². The van der Waals surface area contributed by atoms with Crippen LogP contribution in [0.25, 0.3) is 0 Å². The van der Waals surface area contributed by atoms with Crippen molar-refractivity contribution in [3.8, 4) is 11.5 Å². The van der Waals surface area contributed by atoms with E-state index in [9.17, 15) is 4.79 Å². The highest BCUT2D eigenvalue weighted by molar-refractivity contribution is 6.32. The maximum Gasteiger partial charge on any atom is 0.251 e. The molecular weight excluding hydrogens is 330 g/mol. The molecule has 1 aliphatic heterocycles. The topological polar surface area (TPSA) is 54.0 Å². The van der Waals surface area contributed by atoms with Gasteiger partial charge in [0.15, 0.2) is 11.5 Å². The Balaban J connectivity index is 1.81. The van der Waals surface area contributed by atoms with Crippen LogP contribution in [-0.2, 0) is 0 Å². The summed E-state index contributed by atoms with van der Waals surface area (Å²) >= 11 is 6.14. The Morgan fingerprint density at radius 3 is 2.54 bits per heavy atom. The van der Waals surface area contributed by atoms with Crippen molar-refractivity contribution in [2.24, 2.45) is 0 Å². The number of likely N-dealkylation sites (N-methyl/N-ethyl adjacent to an activating group) is 1. The molecule has 0 radical (unpaired) electrons. The van der Waals surface area contributed by atoms with Crippen molar-refractivity contribution in [1.29, 1.82) is 0 Å². The normalized spacial score (nSPS) is 16.0. The number of rotatable bonds is 7. The molecule has 1 aromatic carbocycles. The van der Waals surface area contributed by atoms with Gasteiger partial charge in [0.25, 0.3) is 5.91 Å². The van der Waals surface area contributed by atoms with Crippen LogP contribution in [0, 0.1) is 0 Å². The van der Waals surface area contributed by atoms with Gasteiger partial charge in [-0.1, -0.05) is 11.6 Å². The number of benzene rings is 1. The Hall–Kier alpha value is -1.50. The summed E-state index contributed by atoms with van der Waals surface area (Å²) in [7, 11) is 5.18. The second-order valence-electron chi connectivity index (χ2n) is 5.95. The number of carbonyl (C=O) groups is 1. The van der Waals surface area contributed by atoms with Crippen LogP contribution in [0.15, 0.2) is 12.1 Å². The van der Waals surface area contributed by atoms with Crippen molar-refractivity contribution in [2.75, 3.05) is 60.5 Å². The minimum absolute atomic E-state index is 0.156. The van der Waals surface area contributed by atoms with E-state index in [0.29, 0.717) is 28.6 Å². The van der Waals surface area contributed by atoms with Crippen molar-refractivity contribution in [3.05, 3.63) is 22.7 Å². The van der Waals surface area contributed by atoms with Crippen LogP contribution >= 0.6 is 11.6 Å². The van der Waals surface area contributed by atoms with Gasteiger partial charge in [0.1, 0.15) is 0 Å². The van der Waals surface area contributed by atoms with Gasteiger partial charge in [-0.15, -0.1) is 0 Å². The third kappa shape index (κ3) is 5.00. The fourth-order valence-corrected chi connectivity index (χ4v) is 3.01. The van der Waals surface area contributed by atoms with E-state index in [1.165, 1.54) is 14.2 Å². The van der Waals surface area contributed by atoms with Crippen LogP contribution < -0.4 is 14.8 Å². The highest BCUT2D eigenvalue weighted by atomic mass is 35.5. The molecule has 134 valence electrons. The van der Waals surface area contributed by atoms with Crippen molar-refractivity contribution in [1.82, 2.24) is 15.1 Å². The molecule has 7 heteroatoms. The third-order valence-electron chi connectivity index (χ3n) is 4.23. The summed E-state index contributed by atoms with van der Waals surface area (Å²) in [5.74, 6) is 0.731. The SMILES string of the molecule is COc1cc(C(=O)NCCCN2CCN(C)CC2)cc(Cl)c1OC. The molecule has 1 aromatic rings. The van der Waals surface area contributed by atoms with Crippen molar-refractivity contribution in [3.63, 3.8) is 0 Å². The molecule has 24 heavy (non-hydrogen) atoms. The van der Waals surface area contributed by atoms with Gasteiger partial charge in [-0.05, 0) is 32.1 Å². The van der Waals surface area contributed by atoms with Gasteiger partial charge in [0, 0.05) is 38.3 Å². The first kappa shape index (κ1) is 18.8. The number of piperazine rings is 1. The summed E-state index contributed by atoms with van der Waals surface area (Å²) in [5, 5.41) is 3.29. The Kier molecular flexibility index (Phi) is 7.15. The number of methoxy groups -OCH3 is 2. The third-order valence-corrected chi connectivity index (χ3v) is 4.51. The Morgan fingerprint density at radius 2 is 1.92 bits per heavy atom. The number of halogens is 1. The number of hydrogen-bond acceptors (Lipinski definition) is 5. The van der Waals surface area contributed by atoms with E-state index in [-0.39, 0.29) is 5.91 Å². The Labute approximate surface area is 148 Å². The van der Waals surface area contributed by atoms with Crippen LogP contribution in [0.2, 0.25) is 5.02 Å². The summed E-state index contributed by atoms with van der Waals surface area (Å²) in [6.45, 7) is 6.04. The molecule has 0 aromatic heterocycles. The van der Waals surface area contributed by atoms with E-state index >= 15 is 0 Å². The van der Waals surface area contributed by atoms with Crippen LogP contribution in [0.4, 0.5) is 0 Å². The van der Waals surface area contributed by atoms with Gasteiger partial charge < -0.3 is 24.6 Å². The number of carbonyl (C=O) groups excluding carboxylic acids is 1. The predicted molar refractivity (Wildman–Crippen MR) is 95.4 cm³/mol. The maximum absolute atomic E-state index is 12.3. The number of amides is 1. The molecule has 1 aliphatic rings. The molecular formula is C17H26ClN3O3. The van der Waals surface area contributed by atoms with E-state index in [2.05, 4.69) is 22.2 Å². The van der Waals surface area contributed by atoms with Crippen molar-refractivity contribution >= 4 is 17.5 Å². The summed E-state index contributed by atoms with van der Waals surface area (Å²) in [4.78, 5) is 17.0. The van der Waals surface area contributed by atoms with Gasteiger partial charge in [-0.2, -0.15) is 0 Å². The monoisotopic (exact) mass is 355 g/mol. The van der Waals surface area contributed by atoms with E-state index in [4.69, 9.17) is 21.1 Å². The van der Waals surface area contributed by atoms with Gasteiger partial charge in [-0.3, -0.25) is 4.79 Å². The molecule has 1 fully saturated rings. The summed E-state index contributed by atoms with van der Waals surface area (Å²) in [5.41, 5.74) is 0.470. The number of nitrogens with zero attached hydrogens (tertiary/aromatic N) is 2. The Bertz CT molecular complexity index is 560. The van der Waals surface area contributed by atoms with Gasteiger partial charge in [0.2, 0.25) is 0 Å². The lowest BCUT2D eigenvalue weighted by Gasteiger charge is -2.32. The highest BCUT2D eigenvalue weighted by Crippen LogP contribution is 2.35. The fraction of sp³-hybridized carbons (Fsp3) is 0.588. The lowest BCUT2D eigenvalue weighted by molar-refractivity contribution is 0.0949. The van der Waals surface area contributed by atoms with E-state index in [1.54, 1.807) is 12.1 Å². The first-order valence-electron chi connectivity index (χ1n) is 8.15. The molecule has 0 spiro atoms. The average Bonchev–Trinajstić information content (AvgIpc) is 2.59. The lowest BCUT2D eigenvalue weighted by atomic mass is 10.2. The minimum Gasteiger partial charge on any atom is -0.493 e. The van der Waals surface area contributed by atoms with Crippen LogP contribution in [0.5, 0.6) is 11.5 Å². The first-order chi connectivity index (χ1) is 11.5. The zero-order valence-electron chi connectivity index (χ0n) is 14.6. The van der Waals surface area contributed by atoms with Crippen molar-refractivity contribution < 1.29 is 14.3 Å². The molecule has 1 N–H and O–H groups in total. The molecule has 1 saturated heterocycles. The van der Waals surface area contributed by atoms with Gasteiger partial charge >= 0.3 is 0 Å². The van der Waals surface area contributed by atoms with Gasteiger partial charge in [0.05, 0.1) is 19.2 Å². The predicted octanol–water partition coefficient (Wildman–Crippen LogP) is 1.72. The molecule has 2 rings (SSSR count). The number of nitrogens with one attached hydrogen (secondary N) is 1. The lowest BCUT2D eigenvalue weighted by Crippen LogP contribution is -2.45. The standard InChI is InChI=1S/C17H26ClN3O3/c1-20-7-9-21(10-8-20)6-4-5-19-17(22)13-11-14(18)16(24-3)15(12-13)23-2/h11-12H,4-10H2,1-3H3,(H,19,22). The zero-order valence-corrected chi connectivity index (χ0v) is 15.4. The number of ether oxygens (including phenoxy) is 2. The second kappa shape index (κ2) is 9.11. The Morgan fingerprint density at radius 1 is 1.21 bits per heavy atom.